The number of hydrogen-bond acceptors (Lipinski definition) is 4. The number of nitrogens with one attached hydrogen (secondary N) is 1. The van der Waals surface area contributed by atoms with Crippen LogP contribution in [0.4, 0.5) is 4.79 Å². The molecule has 1 unspecified atom stereocenters. The highest BCUT2D eigenvalue weighted by Crippen LogP contribution is 2.24. The van der Waals surface area contributed by atoms with Crippen LogP contribution in [0.2, 0.25) is 0 Å². The number of thioether (sulfide) groups is 1. The Labute approximate surface area is 146 Å². The van der Waals surface area contributed by atoms with Gasteiger partial charge in [0.25, 0.3) is 5.24 Å². The van der Waals surface area contributed by atoms with Crippen molar-refractivity contribution in [3.8, 4) is 5.75 Å². The molecule has 118 valence electrons. The van der Waals surface area contributed by atoms with Gasteiger partial charge in [-0.3, -0.25) is 14.9 Å². The van der Waals surface area contributed by atoms with E-state index in [9.17, 15) is 9.59 Å². The summed E-state index contributed by atoms with van der Waals surface area (Å²) in [5.41, 5.74) is 2.09. The number of rotatable bonds is 5. The first-order valence-corrected chi connectivity index (χ1v) is 8.75. The average Bonchev–Trinajstić information content (AvgIpc) is 2.84. The molecule has 1 atom stereocenters. The number of hydrogen-bond donors (Lipinski definition) is 1. The van der Waals surface area contributed by atoms with E-state index in [-0.39, 0.29) is 16.4 Å². The smallest absolute Gasteiger partial charge is 0.286 e. The summed E-state index contributed by atoms with van der Waals surface area (Å²) in [6.45, 7) is 0.494. The molecule has 1 aliphatic heterocycles. The van der Waals surface area contributed by atoms with E-state index in [0.29, 0.717) is 13.0 Å². The van der Waals surface area contributed by atoms with Crippen molar-refractivity contribution in [2.24, 2.45) is 0 Å². The van der Waals surface area contributed by atoms with Gasteiger partial charge in [0.05, 0.1) is 5.25 Å². The second kappa shape index (κ2) is 7.19. The summed E-state index contributed by atoms with van der Waals surface area (Å²) in [6, 6.07) is 15.6. The minimum absolute atomic E-state index is 0.213. The fraction of sp³-hybridized carbons (Fsp3) is 0.176. The molecule has 2 aromatic rings. The summed E-state index contributed by atoms with van der Waals surface area (Å²) < 4.78 is 6.77. The Morgan fingerprint density at radius 2 is 1.87 bits per heavy atom. The third kappa shape index (κ3) is 4.36. The standard InChI is InChI=1S/C17H14BrNO3S/c18-13-3-1-2-12(8-13)10-22-14-6-4-11(5-7-14)9-15-16(20)19-17(21)23-15/h1-8,15H,9-10H2,(H,19,20,21). The van der Waals surface area contributed by atoms with Crippen molar-refractivity contribution in [3.05, 3.63) is 64.1 Å². The summed E-state index contributed by atoms with van der Waals surface area (Å²) in [4.78, 5) is 22.7. The first-order chi connectivity index (χ1) is 11.1. The van der Waals surface area contributed by atoms with E-state index < -0.39 is 0 Å². The Morgan fingerprint density at radius 3 is 2.52 bits per heavy atom. The van der Waals surface area contributed by atoms with E-state index in [2.05, 4.69) is 21.2 Å². The lowest BCUT2D eigenvalue weighted by atomic mass is 10.1. The van der Waals surface area contributed by atoms with E-state index in [4.69, 9.17) is 4.74 Å². The second-order valence-electron chi connectivity index (χ2n) is 5.15. The van der Waals surface area contributed by atoms with Gasteiger partial charge in [0.15, 0.2) is 0 Å². The van der Waals surface area contributed by atoms with E-state index in [1.165, 1.54) is 0 Å². The van der Waals surface area contributed by atoms with Crippen LogP contribution in [-0.4, -0.2) is 16.4 Å². The van der Waals surface area contributed by atoms with E-state index in [1.807, 2.05) is 48.5 Å². The number of halogens is 1. The van der Waals surface area contributed by atoms with Crippen molar-refractivity contribution in [2.75, 3.05) is 0 Å². The summed E-state index contributed by atoms with van der Waals surface area (Å²) in [5.74, 6) is 0.559. The molecule has 0 saturated carbocycles. The largest absolute Gasteiger partial charge is 0.489 e. The van der Waals surface area contributed by atoms with Crippen molar-refractivity contribution in [2.45, 2.75) is 18.3 Å². The maximum atomic E-state index is 11.6. The van der Waals surface area contributed by atoms with Crippen LogP contribution in [0.1, 0.15) is 11.1 Å². The Morgan fingerprint density at radius 1 is 1.09 bits per heavy atom. The molecule has 2 aromatic carbocycles. The van der Waals surface area contributed by atoms with Crippen molar-refractivity contribution in [1.82, 2.24) is 5.32 Å². The van der Waals surface area contributed by atoms with E-state index >= 15 is 0 Å². The third-order valence-electron chi connectivity index (χ3n) is 3.41. The summed E-state index contributed by atoms with van der Waals surface area (Å²) >= 11 is 4.48. The minimum atomic E-state index is -0.337. The van der Waals surface area contributed by atoms with Crippen LogP contribution in [0, 0.1) is 0 Å². The van der Waals surface area contributed by atoms with Crippen molar-refractivity contribution < 1.29 is 14.3 Å². The van der Waals surface area contributed by atoms with Crippen molar-refractivity contribution in [1.29, 1.82) is 0 Å². The zero-order valence-corrected chi connectivity index (χ0v) is 14.5. The fourth-order valence-corrected chi connectivity index (χ4v) is 3.56. The van der Waals surface area contributed by atoms with E-state index in [1.54, 1.807) is 0 Å². The van der Waals surface area contributed by atoms with Gasteiger partial charge in [0.2, 0.25) is 5.91 Å². The number of ether oxygens (including phenoxy) is 1. The van der Waals surface area contributed by atoms with Crippen LogP contribution in [0.25, 0.3) is 0 Å². The summed E-state index contributed by atoms with van der Waals surface area (Å²) in [5, 5.41) is 1.69. The molecule has 2 amide bonds. The molecule has 1 fully saturated rings. The van der Waals surface area contributed by atoms with Gasteiger partial charge >= 0.3 is 0 Å². The van der Waals surface area contributed by atoms with Gasteiger partial charge in [0.1, 0.15) is 12.4 Å². The fourth-order valence-electron chi connectivity index (χ4n) is 2.26. The Kier molecular flexibility index (Phi) is 5.03. The van der Waals surface area contributed by atoms with Crippen LogP contribution < -0.4 is 10.1 Å². The quantitative estimate of drug-likeness (QED) is 0.838. The van der Waals surface area contributed by atoms with Gasteiger partial charge in [-0.05, 0) is 41.8 Å². The molecule has 6 heteroatoms. The first kappa shape index (κ1) is 16.1. The van der Waals surface area contributed by atoms with Gasteiger partial charge in [0, 0.05) is 4.47 Å². The number of imide groups is 1. The molecular formula is C17H14BrNO3S. The normalized spacial score (nSPS) is 17.2. The Bertz CT molecular complexity index is 733. The average molecular weight is 392 g/mol. The molecule has 1 saturated heterocycles. The highest BCUT2D eigenvalue weighted by molar-refractivity contribution is 9.10. The van der Waals surface area contributed by atoms with Crippen LogP contribution in [0.15, 0.2) is 53.0 Å². The molecule has 23 heavy (non-hydrogen) atoms. The van der Waals surface area contributed by atoms with Crippen LogP contribution >= 0.6 is 27.7 Å². The highest BCUT2D eigenvalue weighted by Gasteiger charge is 2.31. The van der Waals surface area contributed by atoms with E-state index in [0.717, 1.165) is 33.1 Å². The molecule has 0 radical (unpaired) electrons. The Balaban J connectivity index is 1.57. The topological polar surface area (TPSA) is 55.4 Å². The van der Waals surface area contributed by atoms with Crippen molar-refractivity contribution >= 4 is 38.8 Å². The van der Waals surface area contributed by atoms with Gasteiger partial charge in [-0.1, -0.05) is 52.0 Å². The molecule has 0 spiro atoms. The Hall–Kier alpha value is -1.79. The lowest BCUT2D eigenvalue weighted by Gasteiger charge is -2.09. The number of benzene rings is 2. The van der Waals surface area contributed by atoms with Gasteiger partial charge < -0.3 is 4.74 Å². The molecule has 4 nitrogen and oxygen atoms in total. The molecule has 0 bridgehead atoms. The first-order valence-electron chi connectivity index (χ1n) is 7.08. The molecule has 1 N–H and O–H groups in total. The van der Waals surface area contributed by atoms with Crippen LogP contribution in [0.3, 0.4) is 0 Å². The molecule has 0 aliphatic carbocycles. The third-order valence-corrected chi connectivity index (χ3v) is 4.88. The molecule has 0 aromatic heterocycles. The zero-order valence-electron chi connectivity index (χ0n) is 12.1. The number of carbonyl (C=O) groups is 2. The lowest BCUT2D eigenvalue weighted by molar-refractivity contribution is -0.118. The summed E-state index contributed by atoms with van der Waals surface area (Å²) in [6.07, 6.45) is 0.536. The van der Waals surface area contributed by atoms with Crippen molar-refractivity contribution in [3.63, 3.8) is 0 Å². The predicted octanol–water partition coefficient (Wildman–Crippen LogP) is 3.92. The zero-order chi connectivity index (χ0) is 16.2. The molecule has 3 rings (SSSR count). The van der Waals surface area contributed by atoms with Gasteiger partial charge in [-0.2, -0.15) is 0 Å². The number of carbonyl (C=O) groups excluding carboxylic acids is 2. The van der Waals surface area contributed by atoms with Crippen LogP contribution in [0.5, 0.6) is 5.75 Å². The van der Waals surface area contributed by atoms with Gasteiger partial charge in [-0.15, -0.1) is 0 Å². The predicted molar refractivity (Wildman–Crippen MR) is 93.5 cm³/mol. The summed E-state index contributed by atoms with van der Waals surface area (Å²) in [7, 11) is 0. The molecule has 1 aliphatic rings. The molecule has 1 heterocycles. The molecular weight excluding hydrogens is 378 g/mol. The van der Waals surface area contributed by atoms with Gasteiger partial charge in [-0.25, -0.2) is 0 Å². The lowest BCUT2D eigenvalue weighted by Crippen LogP contribution is -2.25. The SMILES string of the molecule is O=C1NC(=O)C(Cc2ccc(OCc3cccc(Br)c3)cc2)S1. The second-order valence-corrected chi connectivity index (χ2v) is 7.24. The minimum Gasteiger partial charge on any atom is -0.489 e. The number of amides is 2. The highest BCUT2D eigenvalue weighted by atomic mass is 79.9. The van der Waals surface area contributed by atoms with Crippen LogP contribution in [-0.2, 0) is 17.8 Å². The monoisotopic (exact) mass is 391 g/mol. The maximum absolute atomic E-state index is 11.6. The maximum Gasteiger partial charge on any atom is 0.286 e.